The van der Waals surface area contributed by atoms with Crippen molar-refractivity contribution >= 4 is 24.8 Å². The molecule has 2 fully saturated rings. The predicted molar refractivity (Wildman–Crippen MR) is 90.4 cm³/mol. The molecule has 1 saturated carbocycles. The lowest BCUT2D eigenvalue weighted by Gasteiger charge is -2.43. The normalized spacial score (nSPS) is 20.5. The molecule has 8 heteroatoms. The number of benzene rings is 1. The molecule has 1 aromatic carbocycles. The van der Waals surface area contributed by atoms with Crippen LogP contribution in [0.5, 0.6) is 0 Å². The highest BCUT2D eigenvalue weighted by Crippen LogP contribution is 2.44. The van der Waals surface area contributed by atoms with Gasteiger partial charge in [-0.2, -0.15) is 13.2 Å². The zero-order valence-corrected chi connectivity index (χ0v) is 14.7. The summed E-state index contributed by atoms with van der Waals surface area (Å²) in [6.07, 6.45) is -1.64. The summed E-state index contributed by atoms with van der Waals surface area (Å²) in [4.78, 5) is 2.14. The standard InChI is InChI=1S/C16H20F4N2.2ClH/c17-14-12(5-2-6-13(14)16(18,19)20)15(11-3-1-4-11)22-9-7-21-8-10-22;;/h2,5-6,11,15,21H,1,3-4,7-10H2;2*1H/t15-;;/m0../s1. The Balaban J connectivity index is 0.00000144. The van der Waals surface area contributed by atoms with Crippen LogP contribution in [0.3, 0.4) is 0 Å². The molecule has 24 heavy (non-hydrogen) atoms. The third-order valence-corrected chi connectivity index (χ3v) is 4.79. The van der Waals surface area contributed by atoms with Gasteiger partial charge in [0.1, 0.15) is 5.82 Å². The van der Waals surface area contributed by atoms with Crippen molar-refractivity contribution in [3.05, 3.63) is 35.1 Å². The minimum Gasteiger partial charge on any atom is -0.314 e. The molecule has 1 aliphatic heterocycles. The Bertz CT molecular complexity index is 529. The van der Waals surface area contributed by atoms with Gasteiger partial charge in [-0.3, -0.25) is 4.90 Å². The van der Waals surface area contributed by atoms with Gasteiger partial charge in [-0.1, -0.05) is 18.6 Å². The maximum Gasteiger partial charge on any atom is 0.419 e. The average molecular weight is 389 g/mol. The van der Waals surface area contributed by atoms with Crippen molar-refractivity contribution in [3.63, 3.8) is 0 Å². The quantitative estimate of drug-likeness (QED) is 0.770. The monoisotopic (exact) mass is 388 g/mol. The molecule has 1 atom stereocenters. The van der Waals surface area contributed by atoms with E-state index in [1.165, 1.54) is 12.1 Å². The summed E-state index contributed by atoms with van der Waals surface area (Å²) in [5.41, 5.74) is -0.939. The van der Waals surface area contributed by atoms with Crippen molar-refractivity contribution in [2.75, 3.05) is 26.2 Å². The van der Waals surface area contributed by atoms with Gasteiger partial charge in [0.05, 0.1) is 5.56 Å². The first-order valence-corrected chi connectivity index (χ1v) is 7.79. The maximum absolute atomic E-state index is 14.5. The number of nitrogens with zero attached hydrogens (tertiary/aromatic N) is 1. The van der Waals surface area contributed by atoms with Gasteiger partial charge in [-0.25, -0.2) is 4.39 Å². The summed E-state index contributed by atoms with van der Waals surface area (Å²) in [6, 6.07) is 3.44. The van der Waals surface area contributed by atoms with E-state index >= 15 is 0 Å². The van der Waals surface area contributed by atoms with Gasteiger partial charge in [0.25, 0.3) is 0 Å². The van der Waals surface area contributed by atoms with Crippen molar-refractivity contribution < 1.29 is 17.6 Å². The van der Waals surface area contributed by atoms with Gasteiger partial charge in [0.2, 0.25) is 0 Å². The molecule has 0 unspecified atom stereocenters. The molecule has 3 rings (SSSR count). The van der Waals surface area contributed by atoms with Crippen LogP contribution < -0.4 is 5.32 Å². The average Bonchev–Trinajstić information content (AvgIpc) is 2.43. The minimum absolute atomic E-state index is 0. The predicted octanol–water partition coefficient (Wildman–Crippen LogP) is 4.43. The molecule has 1 saturated heterocycles. The number of halogens is 6. The van der Waals surface area contributed by atoms with Gasteiger partial charge in [0, 0.05) is 37.8 Å². The van der Waals surface area contributed by atoms with Crippen LogP contribution in [0.25, 0.3) is 0 Å². The highest BCUT2D eigenvalue weighted by atomic mass is 35.5. The minimum atomic E-state index is -4.65. The zero-order valence-electron chi connectivity index (χ0n) is 13.1. The van der Waals surface area contributed by atoms with E-state index in [0.29, 0.717) is 0 Å². The third kappa shape index (κ3) is 4.34. The summed E-state index contributed by atoms with van der Waals surface area (Å²) < 4.78 is 53.4. The fourth-order valence-electron chi connectivity index (χ4n) is 3.46. The Kier molecular flexibility index (Phi) is 7.78. The van der Waals surface area contributed by atoms with E-state index in [0.717, 1.165) is 51.5 Å². The largest absolute Gasteiger partial charge is 0.419 e. The summed E-state index contributed by atoms with van der Waals surface area (Å²) in [6.45, 7) is 3.08. The topological polar surface area (TPSA) is 15.3 Å². The number of hydrogen-bond donors (Lipinski definition) is 1. The van der Waals surface area contributed by atoms with E-state index in [4.69, 9.17) is 0 Å². The second-order valence-corrected chi connectivity index (χ2v) is 6.13. The number of nitrogens with one attached hydrogen (secondary N) is 1. The lowest BCUT2D eigenvalue weighted by atomic mass is 9.76. The van der Waals surface area contributed by atoms with Crippen LogP contribution in [0.1, 0.15) is 36.4 Å². The Morgan fingerprint density at radius 1 is 1.08 bits per heavy atom. The highest BCUT2D eigenvalue weighted by Gasteiger charge is 2.39. The maximum atomic E-state index is 14.5. The van der Waals surface area contributed by atoms with Gasteiger partial charge in [-0.05, 0) is 24.8 Å². The van der Waals surface area contributed by atoms with Crippen LogP contribution in [0.2, 0.25) is 0 Å². The number of rotatable bonds is 3. The first-order valence-electron chi connectivity index (χ1n) is 7.79. The van der Waals surface area contributed by atoms with E-state index < -0.39 is 17.6 Å². The van der Waals surface area contributed by atoms with Gasteiger partial charge >= 0.3 is 6.18 Å². The van der Waals surface area contributed by atoms with Crippen molar-refractivity contribution in [2.45, 2.75) is 31.5 Å². The van der Waals surface area contributed by atoms with Crippen molar-refractivity contribution in [3.8, 4) is 0 Å². The molecular formula is C16H22Cl2F4N2. The molecule has 0 aromatic heterocycles. The lowest BCUT2D eigenvalue weighted by molar-refractivity contribution is -0.140. The first-order chi connectivity index (χ1) is 10.5. The third-order valence-electron chi connectivity index (χ3n) is 4.79. The van der Waals surface area contributed by atoms with Gasteiger partial charge in [0.15, 0.2) is 0 Å². The number of piperazine rings is 1. The highest BCUT2D eigenvalue weighted by molar-refractivity contribution is 5.85. The summed E-state index contributed by atoms with van der Waals surface area (Å²) >= 11 is 0. The molecule has 1 aromatic rings. The first kappa shape index (κ1) is 21.5. The van der Waals surface area contributed by atoms with Crippen LogP contribution in [0.4, 0.5) is 17.6 Å². The Morgan fingerprint density at radius 2 is 1.71 bits per heavy atom. The second kappa shape index (κ2) is 8.70. The SMILES string of the molecule is Cl.Cl.Fc1c([C@H](C2CCC2)N2CCNCC2)cccc1C(F)(F)F. The van der Waals surface area contributed by atoms with E-state index in [9.17, 15) is 17.6 Å². The fourth-order valence-corrected chi connectivity index (χ4v) is 3.46. The van der Waals surface area contributed by atoms with Crippen LogP contribution in [0, 0.1) is 11.7 Å². The lowest BCUT2D eigenvalue weighted by Crippen LogP contribution is -2.48. The molecule has 2 aliphatic rings. The number of hydrogen-bond acceptors (Lipinski definition) is 2. The van der Waals surface area contributed by atoms with Crippen LogP contribution in [-0.2, 0) is 6.18 Å². The van der Waals surface area contributed by atoms with E-state index in [1.54, 1.807) is 0 Å². The van der Waals surface area contributed by atoms with Crippen molar-refractivity contribution in [1.29, 1.82) is 0 Å². The zero-order chi connectivity index (χ0) is 15.7. The van der Waals surface area contributed by atoms with Crippen LogP contribution in [-0.4, -0.2) is 31.1 Å². The van der Waals surface area contributed by atoms with E-state index in [1.807, 2.05) is 0 Å². The second-order valence-electron chi connectivity index (χ2n) is 6.13. The van der Waals surface area contributed by atoms with Crippen LogP contribution >= 0.6 is 24.8 Å². The molecule has 1 N–H and O–H groups in total. The Hall–Kier alpha value is -0.560. The van der Waals surface area contributed by atoms with Crippen molar-refractivity contribution in [2.24, 2.45) is 5.92 Å². The van der Waals surface area contributed by atoms with Crippen molar-refractivity contribution in [1.82, 2.24) is 10.2 Å². The molecule has 138 valence electrons. The van der Waals surface area contributed by atoms with E-state index in [2.05, 4.69) is 10.2 Å². The molecule has 0 amide bonds. The smallest absolute Gasteiger partial charge is 0.314 e. The van der Waals surface area contributed by atoms with E-state index in [-0.39, 0.29) is 42.3 Å². The molecule has 0 radical (unpaired) electrons. The van der Waals surface area contributed by atoms with Crippen LogP contribution in [0.15, 0.2) is 18.2 Å². The Labute approximate surface area is 151 Å². The van der Waals surface area contributed by atoms with Gasteiger partial charge in [-0.15, -0.1) is 24.8 Å². The summed E-state index contributed by atoms with van der Waals surface area (Å²) in [7, 11) is 0. The Morgan fingerprint density at radius 3 is 2.21 bits per heavy atom. The molecule has 0 bridgehead atoms. The fraction of sp³-hybridized carbons (Fsp3) is 0.625. The molecule has 1 aliphatic carbocycles. The van der Waals surface area contributed by atoms with Gasteiger partial charge < -0.3 is 5.32 Å². The molecule has 2 nitrogen and oxygen atoms in total. The number of alkyl halides is 3. The molecule has 0 spiro atoms. The summed E-state index contributed by atoms with van der Waals surface area (Å²) in [5.74, 6) is -0.832. The summed E-state index contributed by atoms with van der Waals surface area (Å²) in [5, 5.41) is 3.23. The molecule has 1 heterocycles. The molecular weight excluding hydrogens is 367 g/mol.